The maximum absolute atomic E-state index is 12.0. The standard InChI is InChI=1S/C16H20N4O2S2/c1-10(14(21)18-12-5-6-12)23-16-20-19-15(24-16)17-9-11-3-7-13(22-2)8-4-11/h3-4,7-8,10,12H,5-6,9H2,1-2H3,(H,17,19)(H,18,21)/t10-/m0/s1. The highest BCUT2D eigenvalue weighted by atomic mass is 32.2. The molecule has 2 N–H and O–H groups in total. The summed E-state index contributed by atoms with van der Waals surface area (Å²) < 4.78 is 5.94. The third kappa shape index (κ3) is 4.85. The van der Waals surface area contributed by atoms with Gasteiger partial charge in [0.15, 0.2) is 4.34 Å². The number of carbonyl (C=O) groups is 1. The molecule has 24 heavy (non-hydrogen) atoms. The molecule has 1 fully saturated rings. The van der Waals surface area contributed by atoms with Crippen molar-refractivity contribution in [1.82, 2.24) is 15.5 Å². The van der Waals surface area contributed by atoms with Crippen molar-refractivity contribution in [3.8, 4) is 5.75 Å². The third-order valence-corrected chi connectivity index (χ3v) is 5.65. The first-order valence-corrected chi connectivity index (χ1v) is 9.51. The van der Waals surface area contributed by atoms with E-state index in [0.717, 1.165) is 33.6 Å². The molecule has 1 amide bonds. The smallest absolute Gasteiger partial charge is 0.233 e. The Morgan fingerprint density at radius 1 is 1.38 bits per heavy atom. The molecule has 6 nitrogen and oxygen atoms in total. The Morgan fingerprint density at radius 2 is 2.12 bits per heavy atom. The van der Waals surface area contributed by atoms with E-state index in [-0.39, 0.29) is 11.2 Å². The highest BCUT2D eigenvalue weighted by Gasteiger charge is 2.26. The van der Waals surface area contributed by atoms with Crippen molar-refractivity contribution in [2.45, 2.75) is 41.9 Å². The molecule has 3 rings (SSSR count). The Bertz CT molecular complexity index is 686. The Labute approximate surface area is 149 Å². The molecular weight excluding hydrogens is 344 g/mol. The van der Waals surface area contributed by atoms with Gasteiger partial charge in [-0.2, -0.15) is 0 Å². The van der Waals surface area contributed by atoms with Crippen LogP contribution < -0.4 is 15.4 Å². The molecule has 1 aromatic heterocycles. The molecule has 0 radical (unpaired) electrons. The first kappa shape index (κ1) is 17.0. The molecule has 1 aliphatic carbocycles. The molecule has 128 valence electrons. The molecule has 0 aliphatic heterocycles. The second-order valence-electron chi connectivity index (χ2n) is 5.62. The van der Waals surface area contributed by atoms with E-state index in [1.807, 2.05) is 31.2 Å². The van der Waals surface area contributed by atoms with Crippen LogP contribution in [0.25, 0.3) is 0 Å². The molecule has 0 saturated heterocycles. The normalized spacial score (nSPS) is 14.9. The molecule has 1 aliphatic rings. The zero-order chi connectivity index (χ0) is 16.9. The lowest BCUT2D eigenvalue weighted by Gasteiger charge is -2.08. The van der Waals surface area contributed by atoms with Crippen LogP contribution in [0.1, 0.15) is 25.3 Å². The topological polar surface area (TPSA) is 76.1 Å². The van der Waals surface area contributed by atoms with E-state index in [1.54, 1.807) is 7.11 Å². The van der Waals surface area contributed by atoms with Crippen molar-refractivity contribution in [2.75, 3.05) is 12.4 Å². The number of amides is 1. The van der Waals surface area contributed by atoms with Gasteiger partial charge in [0.2, 0.25) is 11.0 Å². The van der Waals surface area contributed by atoms with E-state index in [4.69, 9.17) is 4.74 Å². The zero-order valence-corrected chi connectivity index (χ0v) is 15.2. The highest BCUT2D eigenvalue weighted by Crippen LogP contribution is 2.30. The first-order chi connectivity index (χ1) is 11.6. The minimum absolute atomic E-state index is 0.0745. The maximum Gasteiger partial charge on any atom is 0.233 e. The average Bonchev–Trinajstić information content (AvgIpc) is 3.30. The summed E-state index contributed by atoms with van der Waals surface area (Å²) >= 11 is 2.91. The van der Waals surface area contributed by atoms with Crippen molar-refractivity contribution in [3.05, 3.63) is 29.8 Å². The minimum Gasteiger partial charge on any atom is -0.497 e. The van der Waals surface area contributed by atoms with Gasteiger partial charge in [0, 0.05) is 12.6 Å². The van der Waals surface area contributed by atoms with E-state index in [9.17, 15) is 4.79 Å². The van der Waals surface area contributed by atoms with Crippen LogP contribution in [0.4, 0.5) is 5.13 Å². The number of thioether (sulfide) groups is 1. The van der Waals surface area contributed by atoms with Gasteiger partial charge in [0.05, 0.1) is 12.4 Å². The number of rotatable bonds is 8. The van der Waals surface area contributed by atoms with Crippen molar-refractivity contribution in [2.24, 2.45) is 0 Å². The molecule has 1 aromatic carbocycles. The fraction of sp³-hybridized carbons (Fsp3) is 0.438. The second-order valence-corrected chi connectivity index (χ2v) is 8.18. The summed E-state index contributed by atoms with van der Waals surface area (Å²) in [6.07, 6.45) is 2.20. The van der Waals surface area contributed by atoms with E-state index in [2.05, 4.69) is 20.8 Å². The fourth-order valence-corrected chi connectivity index (χ4v) is 3.90. The third-order valence-electron chi connectivity index (χ3n) is 3.58. The van der Waals surface area contributed by atoms with Gasteiger partial charge in [-0.3, -0.25) is 4.79 Å². The van der Waals surface area contributed by atoms with Crippen LogP contribution >= 0.6 is 23.1 Å². The zero-order valence-electron chi connectivity index (χ0n) is 13.6. The van der Waals surface area contributed by atoms with Crippen LogP contribution in [0.3, 0.4) is 0 Å². The summed E-state index contributed by atoms with van der Waals surface area (Å²) in [7, 11) is 1.65. The predicted octanol–water partition coefficient (Wildman–Crippen LogP) is 2.92. The predicted molar refractivity (Wildman–Crippen MR) is 96.7 cm³/mol. The lowest BCUT2D eigenvalue weighted by atomic mass is 10.2. The minimum atomic E-state index is -0.159. The summed E-state index contributed by atoms with van der Waals surface area (Å²) in [5.41, 5.74) is 1.14. The molecular formula is C16H20N4O2S2. The van der Waals surface area contributed by atoms with E-state index >= 15 is 0 Å². The number of hydrogen-bond acceptors (Lipinski definition) is 7. The SMILES string of the molecule is COc1ccc(CNc2nnc(S[C@@H](C)C(=O)NC3CC3)s2)cc1. The van der Waals surface area contributed by atoms with Crippen LogP contribution in [-0.2, 0) is 11.3 Å². The van der Waals surface area contributed by atoms with Crippen molar-refractivity contribution >= 4 is 34.1 Å². The van der Waals surface area contributed by atoms with Crippen LogP contribution in [0.15, 0.2) is 28.6 Å². The number of ether oxygens (including phenoxy) is 1. The summed E-state index contributed by atoms with van der Waals surface area (Å²) in [6.45, 7) is 2.56. The molecule has 8 heteroatoms. The van der Waals surface area contributed by atoms with Crippen LogP contribution in [-0.4, -0.2) is 34.5 Å². The lowest BCUT2D eigenvalue weighted by Crippen LogP contribution is -2.32. The fourth-order valence-electron chi connectivity index (χ4n) is 2.00. The Kier molecular flexibility index (Phi) is 5.57. The quantitative estimate of drug-likeness (QED) is 0.702. The second kappa shape index (κ2) is 7.85. The van der Waals surface area contributed by atoms with Gasteiger partial charge in [-0.15, -0.1) is 10.2 Å². The Morgan fingerprint density at radius 3 is 2.79 bits per heavy atom. The van der Waals surface area contributed by atoms with E-state index in [1.165, 1.54) is 23.1 Å². The number of carbonyl (C=O) groups excluding carboxylic acids is 1. The maximum atomic E-state index is 12.0. The first-order valence-electron chi connectivity index (χ1n) is 7.81. The summed E-state index contributed by atoms with van der Waals surface area (Å²) in [6, 6.07) is 8.26. The van der Waals surface area contributed by atoms with Gasteiger partial charge in [-0.1, -0.05) is 35.2 Å². The number of hydrogen-bond donors (Lipinski definition) is 2. The van der Waals surface area contributed by atoms with Crippen LogP contribution in [0.2, 0.25) is 0 Å². The number of methoxy groups -OCH3 is 1. The van der Waals surface area contributed by atoms with E-state index in [0.29, 0.717) is 12.6 Å². The number of anilines is 1. The Hall–Kier alpha value is -1.80. The molecule has 1 atom stereocenters. The van der Waals surface area contributed by atoms with Crippen molar-refractivity contribution in [1.29, 1.82) is 0 Å². The number of benzene rings is 1. The van der Waals surface area contributed by atoms with Crippen molar-refractivity contribution < 1.29 is 9.53 Å². The molecule has 0 bridgehead atoms. The van der Waals surface area contributed by atoms with Gasteiger partial charge in [0.25, 0.3) is 0 Å². The lowest BCUT2D eigenvalue weighted by molar-refractivity contribution is -0.120. The molecule has 1 saturated carbocycles. The van der Waals surface area contributed by atoms with E-state index < -0.39 is 0 Å². The van der Waals surface area contributed by atoms with Gasteiger partial charge in [-0.25, -0.2) is 0 Å². The summed E-state index contributed by atoms with van der Waals surface area (Å²) in [5, 5.41) is 15.1. The van der Waals surface area contributed by atoms with Crippen LogP contribution in [0, 0.1) is 0 Å². The van der Waals surface area contributed by atoms with Gasteiger partial charge < -0.3 is 15.4 Å². The monoisotopic (exact) mass is 364 g/mol. The summed E-state index contributed by atoms with van der Waals surface area (Å²) in [5.74, 6) is 0.914. The molecule has 2 aromatic rings. The summed E-state index contributed by atoms with van der Waals surface area (Å²) in [4.78, 5) is 12.0. The van der Waals surface area contributed by atoms with Gasteiger partial charge in [-0.05, 0) is 37.5 Å². The molecule has 1 heterocycles. The Balaban J connectivity index is 1.48. The molecule has 0 unspecified atom stereocenters. The van der Waals surface area contributed by atoms with Gasteiger partial charge >= 0.3 is 0 Å². The average molecular weight is 364 g/mol. The highest BCUT2D eigenvalue weighted by molar-refractivity contribution is 8.02. The van der Waals surface area contributed by atoms with Gasteiger partial charge in [0.1, 0.15) is 5.75 Å². The largest absolute Gasteiger partial charge is 0.497 e. The van der Waals surface area contributed by atoms with Crippen molar-refractivity contribution in [3.63, 3.8) is 0 Å². The number of aromatic nitrogens is 2. The molecule has 0 spiro atoms. The number of nitrogens with one attached hydrogen (secondary N) is 2. The van der Waals surface area contributed by atoms with Crippen LogP contribution in [0.5, 0.6) is 5.75 Å². The number of nitrogens with zero attached hydrogens (tertiary/aromatic N) is 2.